The van der Waals surface area contributed by atoms with E-state index in [9.17, 15) is 8.78 Å². The molecule has 0 aliphatic carbocycles. The fourth-order valence-corrected chi connectivity index (χ4v) is 3.38. The summed E-state index contributed by atoms with van der Waals surface area (Å²) in [6.07, 6.45) is 1.82. The fourth-order valence-electron chi connectivity index (χ4n) is 3.38. The molecule has 1 aliphatic rings. The maximum atomic E-state index is 13.5. The van der Waals surface area contributed by atoms with Gasteiger partial charge < -0.3 is 15.4 Å². The number of ether oxygens (including phenoxy) is 1. The first-order valence-electron chi connectivity index (χ1n) is 8.13. The van der Waals surface area contributed by atoms with Gasteiger partial charge in [0.15, 0.2) is 11.6 Å². The van der Waals surface area contributed by atoms with Crippen molar-refractivity contribution in [3.8, 4) is 5.75 Å². The maximum Gasteiger partial charge on any atom is 0.160 e. The summed E-state index contributed by atoms with van der Waals surface area (Å²) in [5, 5.41) is 0. The number of halogens is 2. The lowest BCUT2D eigenvalue weighted by Crippen LogP contribution is -2.47. The van der Waals surface area contributed by atoms with Gasteiger partial charge in [0.05, 0.1) is 7.11 Å². The molecule has 0 bridgehead atoms. The largest absolute Gasteiger partial charge is 0.497 e. The van der Waals surface area contributed by atoms with Gasteiger partial charge in [-0.1, -0.05) is 12.1 Å². The van der Waals surface area contributed by atoms with Crippen molar-refractivity contribution in [2.75, 3.05) is 25.1 Å². The number of anilines is 1. The Balaban J connectivity index is 1.71. The molecule has 0 radical (unpaired) electrons. The van der Waals surface area contributed by atoms with E-state index in [-0.39, 0.29) is 6.04 Å². The summed E-state index contributed by atoms with van der Waals surface area (Å²) in [6.45, 7) is 1.44. The van der Waals surface area contributed by atoms with Crippen molar-refractivity contribution in [2.24, 2.45) is 11.7 Å². The van der Waals surface area contributed by atoms with E-state index >= 15 is 0 Å². The molecule has 1 aliphatic heterocycles. The lowest BCUT2D eigenvalue weighted by molar-refractivity contribution is 0.373. The Morgan fingerprint density at radius 3 is 2.50 bits per heavy atom. The van der Waals surface area contributed by atoms with Crippen LogP contribution in [0.1, 0.15) is 12.0 Å². The van der Waals surface area contributed by atoms with Crippen LogP contribution in [0.3, 0.4) is 0 Å². The van der Waals surface area contributed by atoms with Crippen LogP contribution in [0.25, 0.3) is 0 Å². The zero-order valence-corrected chi connectivity index (χ0v) is 13.7. The smallest absolute Gasteiger partial charge is 0.160 e. The van der Waals surface area contributed by atoms with Gasteiger partial charge in [0.1, 0.15) is 5.75 Å². The summed E-state index contributed by atoms with van der Waals surface area (Å²) < 4.78 is 31.8. The van der Waals surface area contributed by atoms with E-state index in [0.29, 0.717) is 18.2 Å². The Bertz CT molecular complexity index is 690. The Morgan fingerprint density at radius 2 is 1.83 bits per heavy atom. The van der Waals surface area contributed by atoms with Crippen molar-refractivity contribution in [3.63, 3.8) is 0 Å². The van der Waals surface area contributed by atoms with Crippen LogP contribution >= 0.6 is 0 Å². The molecule has 2 aromatic rings. The number of hydrogen-bond donors (Lipinski definition) is 1. The number of nitrogens with two attached hydrogens (primary N) is 1. The average Bonchev–Trinajstić information content (AvgIpc) is 2.57. The summed E-state index contributed by atoms with van der Waals surface area (Å²) in [4.78, 5) is 2.05. The first kappa shape index (κ1) is 16.7. The second-order valence-electron chi connectivity index (χ2n) is 6.42. The van der Waals surface area contributed by atoms with Crippen LogP contribution in [0.5, 0.6) is 5.75 Å². The highest BCUT2D eigenvalue weighted by molar-refractivity contribution is 5.47. The van der Waals surface area contributed by atoms with E-state index in [4.69, 9.17) is 10.5 Å². The fraction of sp³-hybridized carbons (Fsp3) is 0.368. The first-order valence-corrected chi connectivity index (χ1v) is 8.13. The second kappa shape index (κ2) is 7.18. The van der Waals surface area contributed by atoms with Crippen molar-refractivity contribution in [1.29, 1.82) is 0 Å². The maximum absolute atomic E-state index is 13.5. The number of methoxy groups -OCH3 is 1. The van der Waals surface area contributed by atoms with Crippen molar-refractivity contribution in [2.45, 2.75) is 18.9 Å². The molecule has 2 atom stereocenters. The Kier molecular flexibility index (Phi) is 5.00. The van der Waals surface area contributed by atoms with Crippen LogP contribution in [-0.2, 0) is 6.42 Å². The van der Waals surface area contributed by atoms with Crippen molar-refractivity contribution in [3.05, 3.63) is 59.7 Å². The normalized spacial score (nSPS) is 20.9. The molecule has 0 spiro atoms. The number of piperidine rings is 1. The molecule has 1 saturated heterocycles. The molecule has 128 valence electrons. The molecule has 2 N–H and O–H groups in total. The zero-order chi connectivity index (χ0) is 17.1. The van der Waals surface area contributed by atoms with Gasteiger partial charge in [-0.2, -0.15) is 0 Å². The summed E-state index contributed by atoms with van der Waals surface area (Å²) in [5.41, 5.74) is 8.10. The topological polar surface area (TPSA) is 38.5 Å². The lowest BCUT2D eigenvalue weighted by Gasteiger charge is -2.38. The summed E-state index contributed by atoms with van der Waals surface area (Å²) in [6, 6.07) is 12.1. The minimum absolute atomic E-state index is 0.0233. The Labute approximate surface area is 141 Å². The highest BCUT2D eigenvalue weighted by Crippen LogP contribution is 2.27. The molecule has 0 amide bonds. The standard InChI is InChI=1S/C19H22F2N2O/c1-24-17-5-2-13(3-6-17)8-14-9-15(22)12-23(11-14)16-4-7-18(20)19(21)10-16/h2-7,10,14-15H,8-9,11-12,22H2,1H3. The summed E-state index contributed by atoms with van der Waals surface area (Å²) >= 11 is 0. The van der Waals surface area contributed by atoms with E-state index in [1.54, 1.807) is 13.2 Å². The third-order valence-corrected chi connectivity index (χ3v) is 4.52. The van der Waals surface area contributed by atoms with Crippen molar-refractivity contribution in [1.82, 2.24) is 0 Å². The van der Waals surface area contributed by atoms with Gasteiger partial charge in [-0.3, -0.25) is 0 Å². The van der Waals surface area contributed by atoms with E-state index in [1.165, 1.54) is 17.7 Å². The molecule has 3 nitrogen and oxygen atoms in total. The molecule has 24 heavy (non-hydrogen) atoms. The van der Waals surface area contributed by atoms with Gasteiger partial charge in [0, 0.05) is 30.9 Å². The number of hydrogen-bond acceptors (Lipinski definition) is 3. The molecule has 2 unspecified atom stereocenters. The van der Waals surface area contributed by atoms with Gasteiger partial charge in [0.25, 0.3) is 0 Å². The van der Waals surface area contributed by atoms with Crippen LogP contribution in [0.4, 0.5) is 14.5 Å². The third kappa shape index (κ3) is 3.85. The van der Waals surface area contributed by atoms with E-state index in [2.05, 4.69) is 12.1 Å². The van der Waals surface area contributed by atoms with Gasteiger partial charge in [0.2, 0.25) is 0 Å². The summed E-state index contributed by atoms with van der Waals surface area (Å²) in [7, 11) is 1.65. The molecular formula is C19H22F2N2O. The first-order chi connectivity index (χ1) is 11.5. The predicted molar refractivity (Wildman–Crippen MR) is 91.4 cm³/mol. The van der Waals surface area contributed by atoms with E-state index in [0.717, 1.165) is 25.1 Å². The van der Waals surface area contributed by atoms with Gasteiger partial charge in [-0.15, -0.1) is 0 Å². The van der Waals surface area contributed by atoms with E-state index in [1.807, 2.05) is 17.0 Å². The number of rotatable bonds is 4. The summed E-state index contributed by atoms with van der Waals surface area (Å²) in [5.74, 6) is -0.439. The lowest BCUT2D eigenvalue weighted by atomic mass is 9.88. The molecule has 5 heteroatoms. The minimum atomic E-state index is -0.824. The molecular weight excluding hydrogens is 310 g/mol. The molecule has 3 rings (SSSR count). The third-order valence-electron chi connectivity index (χ3n) is 4.52. The molecule has 0 saturated carbocycles. The van der Waals surface area contributed by atoms with E-state index < -0.39 is 11.6 Å². The monoisotopic (exact) mass is 332 g/mol. The van der Waals surface area contributed by atoms with Gasteiger partial charge in [-0.05, 0) is 48.6 Å². The van der Waals surface area contributed by atoms with Crippen LogP contribution in [0, 0.1) is 17.6 Å². The zero-order valence-electron chi connectivity index (χ0n) is 13.7. The highest BCUT2D eigenvalue weighted by atomic mass is 19.2. The Hall–Kier alpha value is -2.14. The average molecular weight is 332 g/mol. The molecule has 0 aromatic heterocycles. The molecule has 1 heterocycles. The SMILES string of the molecule is COc1ccc(CC2CC(N)CN(c3ccc(F)c(F)c3)C2)cc1. The van der Waals surface area contributed by atoms with Crippen LogP contribution in [0.2, 0.25) is 0 Å². The van der Waals surface area contributed by atoms with Crippen LogP contribution in [-0.4, -0.2) is 26.2 Å². The van der Waals surface area contributed by atoms with Crippen LogP contribution in [0.15, 0.2) is 42.5 Å². The van der Waals surface area contributed by atoms with Gasteiger partial charge >= 0.3 is 0 Å². The number of benzene rings is 2. The molecule has 2 aromatic carbocycles. The van der Waals surface area contributed by atoms with Crippen LogP contribution < -0.4 is 15.4 Å². The Morgan fingerprint density at radius 1 is 1.08 bits per heavy atom. The second-order valence-corrected chi connectivity index (χ2v) is 6.42. The van der Waals surface area contributed by atoms with Gasteiger partial charge in [-0.25, -0.2) is 8.78 Å². The minimum Gasteiger partial charge on any atom is -0.497 e. The predicted octanol–water partition coefficient (Wildman–Crippen LogP) is 3.37. The molecule has 1 fully saturated rings. The van der Waals surface area contributed by atoms with Crippen molar-refractivity contribution < 1.29 is 13.5 Å². The van der Waals surface area contributed by atoms with Crippen molar-refractivity contribution >= 4 is 5.69 Å². The quantitative estimate of drug-likeness (QED) is 0.933. The highest BCUT2D eigenvalue weighted by Gasteiger charge is 2.26. The number of nitrogens with zero attached hydrogens (tertiary/aromatic N) is 1.